The Balaban J connectivity index is 1.47. The fraction of sp³-hybridized carbons (Fsp3) is 0.684. The number of nitrogens with zero attached hydrogens (tertiary/aromatic N) is 1. The van der Waals surface area contributed by atoms with E-state index in [-0.39, 0.29) is 11.4 Å². The number of hydrogen-bond acceptors (Lipinski definition) is 1. The van der Waals surface area contributed by atoms with Gasteiger partial charge in [0.2, 0.25) is 6.54 Å². The molecule has 1 heterocycles. The van der Waals surface area contributed by atoms with Crippen LogP contribution in [0.25, 0.3) is 0 Å². The summed E-state index contributed by atoms with van der Waals surface area (Å²) in [6, 6.07) is 4.13. The molecule has 0 saturated heterocycles. The minimum Gasteiger partial charge on any atom is -0.345 e. The van der Waals surface area contributed by atoms with Crippen molar-refractivity contribution in [1.29, 1.82) is 0 Å². The number of rotatable bonds is 3. The lowest BCUT2D eigenvalue weighted by atomic mass is 9.53. The normalized spacial score (nSPS) is 35.6. The van der Waals surface area contributed by atoms with Gasteiger partial charge in [0.15, 0.2) is 11.9 Å². The second-order valence-electron chi connectivity index (χ2n) is 8.15. The van der Waals surface area contributed by atoms with Crippen LogP contribution in [0.5, 0.6) is 0 Å². The highest BCUT2D eigenvalue weighted by molar-refractivity contribution is 5.75. The molecule has 1 aromatic rings. The molecule has 5 rings (SSSR count). The van der Waals surface area contributed by atoms with Crippen molar-refractivity contribution in [2.75, 3.05) is 0 Å². The molecule has 4 fully saturated rings. The van der Waals surface area contributed by atoms with Crippen molar-refractivity contribution in [2.24, 2.45) is 17.8 Å². The molecule has 1 aromatic heterocycles. The first-order valence-electron chi connectivity index (χ1n) is 8.80. The quantitative estimate of drug-likeness (QED) is 0.855. The van der Waals surface area contributed by atoms with Crippen molar-refractivity contribution < 1.29 is 9.36 Å². The maximum Gasteiger partial charge on any atom is 0.286 e. The second kappa shape index (κ2) is 5.07. The Morgan fingerprint density at radius 2 is 1.77 bits per heavy atom. The standard InChI is InChI=1S/C19H26N2O/c1-13-4-3-5-21(14(13)2)12-18(22)20-19-9-15-6-16(10-19)8-17(7-15)11-19/h3-5,15-17H,6-12H2,1-2H3/p+1. The molecular weight excluding hydrogens is 272 g/mol. The maximum absolute atomic E-state index is 12.6. The van der Waals surface area contributed by atoms with Crippen LogP contribution < -0.4 is 9.88 Å². The van der Waals surface area contributed by atoms with Crippen LogP contribution in [-0.4, -0.2) is 11.4 Å². The molecule has 4 bridgehead atoms. The summed E-state index contributed by atoms with van der Waals surface area (Å²) >= 11 is 0. The third-order valence-electron chi connectivity index (χ3n) is 6.37. The highest BCUT2D eigenvalue weighted by Gasteiger charge is 2.51. The predicted molar refractivity (Wildman–Crippen MR) is 85.2 cm³/mol. The summed E-state index contributed by atoms with van der Waals surface area (Å²) < 4.78 is 2.07. The van der Waals surface area contributed by atoms with E-state index in [2.05, 4.69) is 29.8 Å². The predicted octanol–water partition coefficient (Wildman–Crippen LogP) is 2.68. The smallest absolute Gasteiger partial charge is 0.286 e. The van der Waals surface area contributed by atoms with Crippen LogP contribution in [0.2, 0.25) is 0 Å². The monoisotopic (exact) mass is 299 g/mol. The van der Waals surface area contributed by atoms with Gasteiger partial charge in [-0.25, -0.2) is 0 Å². The van der Waals surface area contributed by atoms with E-state index in [9.17, 15) is 4.79 Å². The molecule has 0 aliphatic heterocycles. The van der Waals surface area contributed by atoms with Gasteiger partial charge < -0.3 is 5.32 Å². The van der Waals surface area contributed by atoms with Crippen molar-refractivity contribution in [3.8, 4) is 0 Å². The van der Waals surface area contributed by atoms with Crippen LogP contribution >= 0.6 is 0 Å². The average Bonchev–Trinajstić information content (AvgIpc) is 2.41. The van der Waals surface area contributed by atoms with Gasteiger partial charge in [0, 0.05) is 24.1 Å². The largest absolute Gasteiger partial charge is 0.345 e. The number of nitrogens with one attached hydrogen (secondary N) is 1. The molecule has 0 unspecified atom stereocenters. The van der Waals surface area contributed by atoms with Crippen molar-refractivity contribution >= 4 is 5.91 Å². The average molecular weight is 299 g/mol. The SMILES string of the molecule is Cc1ccc[n+](CC(=O)NC23CC4CC(CC(C4)C2)C3)c1C. The van der Waals surface area contributed by atoms with Gasteiger partial charge in [-0.1, -0.05) is 0 Å². The number of aromatic nitrogens is 1. The summed E-state index contributed by atoms with van der Waals surface area (Å²) in [5.41, 5.74) is 2.55. The van der Waals surface area contributed by atoms with E-state index >= 15 is 0 Å². The van der Waals surface area contributed by atoms with Crippen molar-refractivity contribution in [3.05, 3.63) is 29.6 Å². The minimum absolute atomic E-state index is 0.129. The van der Waals surface area contributed by atoms with E-state index < -0.39 is 0 Å². The van der Waals surface area contributed by atoms with Crippen LogP contribution in [-0.2, 0) is 11.3 Å². The number of carbonyl (C=O) groups is 1. The van der Waals surface area contributed by atoms with Gasteiger partial charge in [-0.3, -0.25) is 4.79 Å². The van der Waals surface area contributed by atoms with Gasteiger partial charge in [-0.2, -0.15) is 4.57 Å². The van der Waals surface area contributed by atoms with E-state index in [1.54, 1.807) is 0 Å². The van der Waals surface area contributed by atoms with Gasteiger partial charge in [0.1, 0.15) is 0 Å². The van der Waals surface area contributed by atoms with Crippen molar-refractivity contribution in [3.63, 3.8) is 0 Å². The molecule has 0 spiro atoms. The maximum atomic E-state index is 12.6. The Kier molecular flexibility index (Phi) is 3.28. The van der Waals surface area contributed by atoms with Gasteiger partial charge >= 0.3 is 0 Å². The Labute approximate surface area is 133 Å². The van der Waals surface area contributed by atoms with E-state index in [1.165, 1.54) is 49.8 Å². The lowest BCUT2D eigenvalue weighted by Crippen LogP contribution is -2.61. The number of hydrogen-bond donors (Lipinski definition) is 1. The Hall–Kier alpha value is -1.38. The molecule has 0 aromatic carbocycles. The molecule has 0 radical (unpaired) electrons. The minimum atomic E-state index is 0.129. The molecule has 118 valence electrons. The molecular formula is C19H27N2O+. The highest BCUT2D eigenvalue weighted by Crippen LogP contribution is 2.55. The summed E-state index contributed by atoms with van der Waals surface area (Å²) in [5.74, 6) is 2.82. The Bertz CT molecular complexity index is 572. The molecule has 4 aliphatic rings. The van der Waals surface area contributed by atoms with E-state index in [1.807, 2.05) is 12.3 Å². The zero-order valence-corrected chi connectivity index (χ0v) is 13.8. The Morgan fingerprint density at radius 3 is 2.36 bits per heavy atom. The number of pyridine rings is 1. The first kappa shape index (κ1) is 14.2. The van der Waals surface area contributed by atoms with Gasteiger partial charge in [-0.15, -0.1) is 0 Å². The van der Waals surface area contributed by atoms with Gasteiger partial charge in [-0.05, 0) is 69.3 Å². The molecule has 4 saturated carbocycles. The molecule has 4 aliphatic carbocycles. The van der Waals surface area contributed by atoms with E-state index in [0.29, 0.717) is 6.54 Å². The fourth-order valence-corrected chi connectivity index (χ4v) is 5.68. The zero-order valence-electron chi connectivity index (χ0n) is 13.8. The summed E-state index contributed by atoms with van der Waals surface area (Å²) in [6.07, 6.45) is 9.94. The lowest BCUT2D eigenvalue weighted by Gasteiger charge is -2.56. The van der Waals surface area contributed by atoms with Crippen molar-refractivity contribution in [1.82, 2.24) is 5.32 Å². The van der Waals surface area contributed by atoms with Crippen LogP contribution in [0.3, 0.4) is 0 Å². The van der Waals surface area contributed by atoms with E-state index in [4.69, 9.17) is 0 Å². The lowest BCUT2D eigenvalue weighted by molar-refractivity contribution is -0.690. The molecule has 22 heavy (non-hydrogen) atoms. The molecule has 1 N–H and O–H groups in total. The number of amides is 1. The fourth-order valence-electron chi connectivity index (χ4n) is 5.68. The summed E-state index contributed by atoms with van der Waals surface area (Å²) in [4.78, 5) is 12.6. The van der Waals surface area contributed by atoms with Gasteiger partial charge in [0.05, 0.1) is 0 Å². The Morgan fingerprint density at radius 1 is 1.18 bits per heavy atom. The molecule has 3 heteroatoms. The van der Waals surface area contributed by atoms with Crippen LogP contribution in [0.4, 0.5) is 0 Å². The third-order valence-corrected chi connectivity index (χ3v) is 6.37. The highest BCUT2D eigenvalue weighted by atomic mass is 16.2. The molecule has 0 atom stereocenters. The third kappa shape index (κ3) is 2.45. The van der Waals surface area contributed by atoms with Crippen LogP contribution in [0.1, 0.15) is 49.8 Å². The number of carbonyl (C=O) groups excluding carboxylic acids is 1. The van der Waals surface area contributed by atoms with Crippen molar-refractivity contribution in [2.45, 2.75) is 64.5 Å². The first-order valence-corrected chi connectivity index (χ1v) is 8.80. The summed E-state index contributed by atoms with van der Waals surface area (Å²) in [6.45, 7) is 4.64. The topological polar surface area (TPSA) is 33.0 Å². The van der Waals surface area contributed by atoms with Crippen LogP contribution in [0.15, 0.2) is 18.3 Å². The second-order valence-corrected chi connectivity index (χ2v) is 8.15. The van der Waals surface area contributed by atoms with Gasteiger partial charge in [0.25, 0.3) is 5.91 Å². The summed E-state index contributed by atoms with van der Waals surface area (Å²) in [7, 11) is 0. The first-order chi connectivity index (χ1) is 10.5. The zero-order chi connectivity index (χ0) is 15.3. The molecule has 3 nitrogen and oxygen atoms in total. The number of aryl methyl sites for hydroxylation is 1. The van der Waals surface area contributed by atoms with E-state index in [0.717, 1.165) is 17.8 Å². The molecule has 1 amide bonds. The summed E-state index contributed by atoms with van der Waals surface area (Å²) in [5, 5.41) is 3.46. The van der Waals surface area contributed by atoms with Crippen LogP contribution in [0, 0.1) is 31.6 Å².